The molecule has 0 saturated heterocycles. The van der Waals surface area contributed by atoms with E-state index in [1.165, 1.54) is 6.20 Å². The maximum atomic E-state index is 13.2. The van der Waals surface area contributed by atoms with Gasteiger partial charge in [-0.2, -0.15) is 18.3 Å². The van der Waals surface area contributed by atoms with Crippen LogP contribution in [0, 0.1) is 0 Å². The number of fused-ring (bicyclic) bond motifs is 1. The highest BCUT2D eigenvalue weighted by Gasteiger charge is 2.33. The van der Waals surface area contributed by atoms with Gasteiger partial charge >= 0.3 is 12.1 Å². The lowest BCUT2D eigenvalue weighted by atomic mass is 9.99. The lowest BCUT2D eigenvalue weighted by molar-refractivity contribution is -0.137. The fourth-order valence-corrected chi connectivity index (χ4v) is 2.44. The molecule has 3 aromatic rings. The Bertz CT molecular complexity index is 867. The quantitative estimate of drug-likeness (QED) is 0.770. The van der Waals surface area contributed by atoms with Gasteiger partial charge < -0.3 is 5.11 Å². The Morgan fingerprint density at radius 2 is 1.83 bits per heavy atom. The molecule has 0 fully saturated rings. The second-order valence-corrected chi connectivity index (χ2v) is 5.12. The van der Waals surface area contributed by atoms with E-state index in [1.54, 1.807) is 30.3 Å². The standard InChI is InChI=1S/C16H11F3N2O2/c17-16(18,19)13-7-11(6-12-8-20-21-15(12)13)10-3-1-9(2-4-10)5-14(22)23/h1-4,6-8H,5H2,(H,20,21)(H,22,23). The number of nitrogens with zero attached hydrogens (tertiary/aromatic N) is 1. The molecule has 0 radical (unpaired) electrons. The summed E-state index contributed by atoms with van der Waals surface area (Å²) in [5, 5.41) is 15.1. The van der Waals surface area contributed by atoms with E-state index in [-0.39, 0.29) is 11.9 Å². The molecule has 2 N–H and O–H groups in total. The van der Waals surface area contributed by atoms with Crippen molar-refractivity contribution in [1.82, 2.24) is 10.2 Å². The summed E-state index contributed by atoms with van der Waals surface area (Å²) in [6.45, 7) is 0. The highest BCUT2D eigenvalue weighted by Crippen LogP contribution is 2.37. The van der Waals surface area contributed by atoms with Crippen molar-refractivity contribution in [2.45, 2.75) is 12.6 Å². The minimum Gasteiger partial charge on any atom is -0.481 e. The number of aromatic amines is 1. The number of hydrogen-bond acceptors (Lipinski definition) is 2. The van der Waals surface area contributed by atoms with Crippen LogP contribution in [-0.4, -0.2) is 21.3 Å². The van der Waals surface area contributed by atoms with Gasteiger partial charge in [-0.05, 0) is 28.8 Å². The Morgan fingerprint density at radius 3 is 2.43 bits per heavy atom. The van der Waals surface area contributed by atoms with Gasteiger partial charge in [0.25, 0.3) is 0 Å². The highest BCUT2D eigenvalue weighted by atomic mass is 19.4. The van der Waals surface area contributed by atoms with E-state index in [1.807, 2.05) is 0 Å². The second kappa shape index (κ2) is 5.42. The molecule has 3 rings (SSSR count). The average Bonchev–Trinajstić information content (AvgIpc) is 2.93. The van der Waals surface area contributed by atoms with Crippen molar-refractivity contribution in [3.05, 3.63) is 53.7 Å². The molecule has 0 bridgehead atoms. The average molecular weight is 320 g/mol. The summed E-state index contributed by atoms with van der Waals surface area (Å²) in [6.07, 6.45) is -3.29. The molecule has 1 aromatic heterocycles. The molecule has 23 heavy (non-hydrogen) atoms. The zero-order valence-corrected chi connectivity index (χ0v) is 11.7. The van der Waals surface area contributed by atoms with Gasteiger partial charge in [-0.15, -0.1) is 0 Å². The lowest BCUT2D eigenvalue weighted by Crippen LogP contribution is -2.06. The molecule has 1 heterocycles. The first-order valence-corrected chi connectivity index (χ1v) is 6.70. The largest absolute Gasteiger partial charge is 0.481 e. The number of aliphatic carboxylic acids is 1. The molecule has 0 atom stereocenters. The van der Waals surface area contributed by atoms with Crippen LogP contribution in [0.4, 0.5) is 13.2 Å². The Morgan fingerprint density at radius 1 is 1.13 bits per heavy atom. The Balaban J connectivity index is 2.07. The molecule has 0 saturated carbocycles. The topological polar surface area (TPSA) is 66.0 Å². The number of alkyl halides is 3. The van der Waals surface area contributed by atoms with Crippen LogP contribution in [0.15, 0.2) is 42.6 Å². The summed E-state index contributed by atoms with van der Waals surface area (Å²) in [5.41, 5.74) is 0.725. The minimum absolute atomic E-state index is 0.0521. The van der Waals surface area contributed by atoms with E-state index in [4.69, 9.17) is 5.11 Å². The van der Waals surface area contributed by atoms with Crippen molar-refractivity contribution in [3.8, 4) is 11.1 Å². The number of nitrogens with one attached hydrogen (secondary N) is 1. The van der Waals surface area contributed by atoms with Crippen molar-refractivity contribution in [1.29, 1.82) is 0 Å². The third-order valence-electron chi connectivity index (χ3n) is 3.50. The van der Waals surface area contributed by atoms with Crippen LogP contribution in [0.25, 0.3) is 22.0 Å². The molecule has 0 aliphatic carbocycles. The summed E-state index contributed by atoms with van der Waals surface area (Å²) in [5.74, 6) is -0.961. The minimum atomic E-state index is -4.50. The predicted molar refractivity (Wildman–Crippen MR) is 77.9 cm³/mol. The van der Waals surface area contributed by atoms with Gasteiger partial charge in [0.1, 0.15) is 0 Å². The Labute approximate surface area is 128 Å². The Kier molecular flexibility index (Phi) is 3.55. The van der Waals surface area contributed by atoms with Gasteiger partial charge in [0, 0.05) is 5.39 Å². The number of halogens is 3. The van der Waals surface area contributed by atoms with Gasteiger partial charge in [0.05, 0.1) is 23.7 Å². The summed E-state index contributed by atoms with van der Waals surface area (Å²) in [4.78, 5) is 10.7. The fraction of sp³-hybridized carbons (Fsp3) is 0.125. The predicted octanol–water partition coefficient (Wildman–Crippen LogP) is 3.88. The van der Waals surface area contributed by atoms with Crippen molar-refractivity contribution in [3.63, 3.8) is 0 Å². The molecule has 0 unspecified atom stereocenters. The molecular weight excluding hydrogens is 309 g/mol. The maximum Gasteiger partial charge on any atom is 0.418 e. The number of carboxylic acids is 1. The summed E-state index contributed by atoms with van der Waals surface area (Å²) < 4.78 is 39.6. The third kappa shape index (κ3) is 3.03. The third-order valence-corrected chi connectivity index (χ3v) is 3.50. The number of aromatic nitrogens is 2. The normalized spacial score (nSPS) is 11.8. The number of benzene rings is 2. The number of carbonyl (C=O) groups is 1. The van der Waals surface area contributed by atoms with Crippen LogP contribution >= 0.6 is 0 Å². The van der Waals surface area contributed by atoms with Crippen LogP contribution in [0.1, 0.15) is 11.1 Å². The number of carboxylic acid groups (broad SMARTS) is 1. The number of H-pyrrole nitrogens is 1. The van der Waals surface area contributed by atoms with Crippen molar-refractivity contribution in [2.75, 3.05) is 0 Å². The lowest BCUT2D eigenvalue weighted by Gasteiger charge is -2.11. The molecule has 4 nitrogen and oxygen atoms in total. The van der Waals surface area contributed by atoms with Crippen LogP contribution in [0.2, 0.25) is 0 Å². The smallest absolute Gasteiger partial charge is 0.418 e. The Hall–Kier alpha value is -2.83. The molecular formula is C16H11F3N2O2. The van der Waals surface area contributed by atoms with E-state index in [9.17, 15) is 18.0 Å². The fourth-order valence-electron chi connectivity index (χ4n) is 2.44. The summed E-state index contributed by atoms with van der Waals surface area (Å²) in [7, 11) is 0. The van der Waals surface area contributed by atoms with E-state index < -0.39 is 17.7 Å². The van der Waals surface area contributed by atoms with Gasteiger partial charge in [-0.25, -0.2) is 0 Å². The monoisotopic (exact) mass is 320 g/mol. The van der Waals surface area contributed by atoms with Gasteiger partial charge in [0.2, 0.25) is 0 Å². The molecule has 0 aliphatic heterocycles. The number of rotatable bonds is 3. The van der Waals surface area contributed by atoms with Crippen molar-refractivity contribution in [2.24, 2.45) is 0 Å². The molecule has 118 valence electrons. The first-order valence-electron chi connectivity index (χ1n) is 6.70. The number of hydrogen-bond donors (Lipinski definition) is 2. The molecule has 0 aliphatic rings. The van der Waals surface area contributed by atoms with Crippen LogP contribution in [0.3, 0.4) is 0 Å². The first-order chi connectivity index (χ1) is 10.8. The zero-order chi connectivity index (χ0) is 16.6. The van der Waals surface area contributed by atoms with Crippen molar-refractivity contribution >= 4 is 16.9 Å². The van der Waals surface area contributed by atoms with E-state index in [0.29, 0.717) is 22.1 Å². The van der Waals surface area contributed by atoms with Crippen LogP contribution in [-0.2, 0) is 17.4 Å². The molecule has 0 amide bonds. The molecule has 7 heteroatoms. The van der Waals surface area contributed by atoms with Gasteiger partial charge in [-0.3, -0.25) is 9.89 Å². The molecule has 0 spiro atoms. The van der Waals surface area contributed by atoms with Crippen molar-refractivity contribution < 1.29 is 23.1 Å². The first kappa shape index (κ1) is 15.1. The van der Waals surface area contributed by atoms with E-state index >= 15 is 0 Å². The van der Waals surface area contributed by atoms with Crippen LogP contribution in [0.5, 0.6) is 0 Å². The highest BCUT2D eigenvalue weighted by molar-refractivity contribution is 5.87. The van der Waals surface area contributed by atoms with Crippen LogP contribution < -0.4 is 0 Å². The van der Waals surface area contributed by atoms with E-state index in [2.05, 4.69) is 10.2 Å². The van der Waals surface area contributed by atoms with Gasteiger partial charge in [0.15, 0.2) is 0 Å². The maximum absolute atomic E-state index is 13.2. The SMILES string of the molecule is O=C(O)Cc1ccc(-c2cc(C(F)(F)F)c3[nH]ncc3c2)cc1. The zero-order valence-electron chi connectivity index (χ0n) is 11.7. The summed E-state index contributed by atoms with van der Waals surface area (Å²) in [6, 6.07) is 9.08. The molecule has 2 aromatic carbocycles. The van der Waals surface area contributed by atoms with Gasteiger partial charge in [-0.1, -0.05) is 24.3 Å². The summed E-state index contributed by atoms with van der Waals surface area (Å²) >= 11 is 0. The second-order valence-electron chi connectivity index (χ2n) is 5.12. The van der Waals surface area contributed by atoms with E-state index in [0.717, 1.165) is 6.07 Å².